The number of carbonyl (C=O) groups is 5. The number of nitrogens with zero attached hydrogens (tertiary/aromatic N) is 3. The summed E-state index contributed by atoms with van der Waals surface area (Å²) in [6, 6.07) is 7.60. The van der Waals surface area contributed by atoms with Crippen molar-refractivity contribution >= 4 is 41.0 Å². The second-order valence-corrected chi connectivity index (χ2v) is 16.2. The lowest BCUT2D eigenvalue weighted by atomic mass is 9.80. The molecule has 5 unspecified atom stereocenters. The van der Waals surface area contributed by atoms with Crippen molar-refractivity contribution in [2.75, 3.05) is 20.6 Å². The maximum Gasteiger partial charge on any atom is 0.306 e. The van der Waals surface area contributed by atoms with Crippen LogP contribution >= 0.6 is 11.3 Å². The molecule has 288 valence electrons. The highest BCUT2D eigenvalue weighted by molar-refractivity contribution is 7.09. The first-order chi connectivity index (χ1) is 24.4. The molecule has 0 saturated carbocycles. The minimum absolute atomic E-state index is 0.0599. The van der Waals surface area contributed by atoms with E-state index in [1.165, 1.54) is 18.3 Å². The molecule has 3 amide bonds. The van der Waals surface area contributed by atoms with Gasteiger partial charge in [-0.05, 0) is 62.6 Å². The molecule has 1 fully saturated rings. The summed E-state index contributed by atoms with van der Waals surface area (Å²) in [5, 5.41) is 17.6. The average molecular weight is 742 g/mol. The second kappa shape index (κ2) is 19.3. The molecule has 6 atom stereocenters. The van der Waals surface area contributed by atoms with E-state index in [0.29, 0.717) is 17.8 Å². The maximum absolute atomic E-state index is 14.4. The van der Waals surface area contributed by atoms with Gasteiger partial charge in [0.15, 0.2) is 6.10 Å². The molecule has 0 spiro atoms. The number of ether oxygens (including phenoxy) is 1. The summed E-state index contributed by atoms with van der Waals surface area (Å²) in [6.07, 6.45) is 3.45. The number of nitrogens with one attached hydrogen (secondary N) is 2. The van der Waals surface area contributed by atoms with Crippen molar-refractivity contribution in [2.24, 2.45) is 17.3 Å². The van der Waals surface area contributed by atoms with Crippen LogP contribution in [0.15, 0.2) is 35.7 Å². The highest BCUT2D eigenvalue weighted by atomic mass is 32.1. The lowest BCUT2D eigenvalue weighted by molar-refractivity contribution is -0.149. The van der Waals surface area contributed by atoms with Crippen LogP contribution in [-0.4, -0.2) is 94.4 Å². The molecule has 0 bridgehead atoms. The van der Waals surface area contributed by atoms with Crippen LogP contribution in [0.1, 0.15) is 114 Å². The van der Waals surface area contributed by atoms with Crippen LogP contribution < -0.4 is 10.6 Å². The number of hydrogen-bond donors (Lipinski definition) is 3. The molecule has 1 saturated heterocycles. The molecule has 2 aromatic rings. The van der Waals surface area contributed by atoms with E-state index in [1.807, 2.05) is 76.9 Å². The Morgan fingerprint density at radius 3 is 2.33 bits per heavy atom. The van der Waals surface area contributed by atoms with Gasteiger partial charge < -0.3 is 25.4 Å². The highest BCUT2D eigenvalue weighted by Crippen LogP contribution is 2.33. The van der Waals surface area contributed by atoms with E-state index in [1.54, 1.807) is 24.3 Å². The summed E-state index contributed by atoms with van der Waals surface area (Å²) in [7, 11) is 3.67. The van der Waals surface area contributed by atoms with Gasteiger partial charge in [0.05, 0.1) is 12.0 Å². The Morgan fingerprint density at radius 2 is 1.75 bits per heavy atom. The minimum Gasteiger partial charge on any atom is -0.481 e. The summed E-state index contributed by atoms with van der Waals surface area (Å²) < 4.78 is 5.78. The third-order valence-corrected chi connectivity index (χ3v) is 11.4. The molecule has 13 heteroatoms. The number of carboxylic acids is 1. The van der Waals surface area contributed by atoms with Gasteiger partial charge >= 0.3 is 11.9 Å². The summed E-state index contributed by atoms with van der Waals surface area (Å²) in [5.74, 6) is -3.04. The first kappa shape index (κ1) is 42.6. The first-order valence-electron chi connectivity index (χ1n) is 18.4. The zero-order valence-corrected chi connectivity index (χ0v) is 33.1. The SMILES string of the molecule is CCC(C)(C)C(NC(=O)[C@H]1CCCCN1C)C(=O)N(C)C(CC(OC(C)=O)c1nc(C(=O)NC(Cc2ccccc2)CC(C)C(=O)O)cs1)C(C)C. The van der Waals surface area contributed by atoms with Gasteiger partial charge in [-0.15, -0.1) is 11.3 Å². The van der Waals surface area contributed by atoms with Crippen LogP contribution in [0.3, 0.4) is 0 Å². The van der Waals surface area contributed by atoms with E-state index < -0.39 is 53.4 Å². The van der Waals surface area contributed by atoms with E-state index in [2.05, 4.69) is 15.6 Å². The molecule has 3 N–H and O–H groups in total. The Morgan fingerprint density at radius 1 is 1.08 bits per heavy atom. The van der Waals surface area contributed by atoms with Gasteiger partial charge in [0.25, 0.3) is 5.91 Å². The van der Waals surface area contributed by atoms with Crippen LogP contribution in [0.4, 0.5) is 0 Å². The normalized spacial score (nSPS) is 18.1. The Kier molecular flexibility index (Phi) is 15.8. The van der Waals surface area contributed by atoms with Crippen molar-refractivity contribution in [3.63, 3.8) is 0 Å². The summed E-state index contributed by atoms with van der Waals surface area (Å²) in [6.45, 7) is 13.7. The van der Waals surface area contributed by atoms with E-state index >= 15 is 0 Å². The third kappa shape index (κ3) is 11.8. The number of thiazole rings is 1. The fourth-order valence-corrected chi connectivity index (χ4v) is 7.56. The van der Waals surface area contributed by atoms with Crippen molar-refractivity contribution < 1.29 is 33.8 Å². The molecule has 52 heavy (non-hydrogen) atoms. The quantitative estimate of drug-likeness (QED) is 0.168. The van der Waals surface area contributed by atoms with Crippen LogP contribution in [0, 0.1) is 17.3 Å². The zero-order valence-electron chi connectivity index (χ0n) is 32.3. The molecule has 3 rings (SSSR count). The lowest BCUT2D eigenvalue weighted by Crippen LogP contribution is -2.60. The number of aromatic nitrogens is 1. The fraction of sp³-hybridized carbons (Fsp3) is 0.641. The average Bonchev–Trinajstić information content (AvgIpc) is 3.59. The van der Waals surface area contributed by atoms with Crippen LogP contribution in [-0.2, 0) is 30.3 Å². The van der Waals surface area contributed by atoms with Gasteiger partial charge in [-0.2, -0.15) is 0 Å². The van der Waals surface area contributed by atoms with Gasteiger partial charge in [-0.25, -0.2) is 4.98 Å². The van der Waals surface area contributed by atoms with Crippen molar-refractivity contribution in [1.29, 1.82) is 0 Å². The Hall–Kier alpha value is -3.84. The highest BCUT2D eigenvalue weighted by Gasteiger charge is 2.41. The number of aliphatic carboxylic acids is 1. The van der Waals surface area contributed by atoms with Crippen LogP contribution in [0.25, 0.3) is 0 Å². The molecule has 2 heterocycles. The number of likely N-dealkylation sites (N-methyl/N-ethyl adjacent to an activating group) is 2. The fourth-order valence-electron chi connectivity index (χ4n) is 6.72. The summed E-state index contributed by atoms with van der Waals surface area (Å²) in [4.78, 5) is 73.7. The number of carboxylic acid groups (broad SMARTS) is 1. The Balaban J connectivity index is 1.84. The van der Waals surface area contributed by atoms with Gasteiger partial charge in [0.2, 0.25) is 11.8 Å². The zero-order chi connectivity index (χ0) is 38.7. The van der Waals surface area contributed by atoms with Crippen molar-refractivity contribution in [3.05, 3.63) is 52.0 Å². The Labute approximate surface area is 313 Å². The monoisotopic (exact) mass is 741 g/mol. The molecule has 0 radical (unpaired) electrons. The largest absolute Gasteiger partial charge is 0.481 e. The number of likely N-dealkylation sites (tertiary alicyclic amines) is 1. The van der Waals surface area contributed by atoms with Crippen molar-refractivity contribution in [1.82, 2.24) is 25.4 Å². The van der Waals surface area contributed by atoms with Gasteiger partial charge in [0, 0.05) is 37.9 Å². The second-order valence-electron chi connectivity index (χ2n) is 15.3. The maximum atomic E-state index is 14.4. The number of esters is 1. The van der Waals surface area contributed by atoms with Gasteiger partial charge in [-0.3, -0.25) is 28.9 Å². The van der Waals surface area contributed by atoms with Gasteiger partial charge in [0.1, 0.15) is 16.7 Å². The molecule has 1 aromatic heterocycles. The van der Waals surface area contributed by atoms with E-state index in [4.69, 9.17) is 4.74 Å². The number of piperidine rings is 1. The topological polar surface area (TPSA) is 158 Å². The molecular formula is C39H59N5O7S. The smallest absolute Gasteiger partial charge is 0.306 e. The third-order valence-electron chi connectivity index (χ3n) is 10.4. The Bertz CT molecular complexity index is 1510. The number of carbonyl (C=O) groups excluding carboxylic acids is 4. The van der Waals surface area contributed by atoms with Crippen LogP contribution in [0.5, 0.6) is 0 Å². The number of hydrogen-bond acceptors (Lipinski definition) is 9. The number of amides is 3. The van der Waals surface area contributed by atoms with Gasteiger partial charge in [-0.1, -0.05) is 78.3 Å². The molecule has 1 aliphatic heterocycles. The predicted molar refractivity (Wildman–Crippen MR) is 202 cm³/mol. The molecule has 1 aliphatic rings. The van der Waals surface area contributed by atoms with E-state index in [0.717, 1.165) is 31.4 Å². The van der Waals surface area contributed by atoms with Crippen molar-refractivity contribution in [2.45, 2.75) is 124 Å². The van der Waals surface area contributed by atoms with Crippen LogP contribution in [0.2, 0.25) is 0 Å². The number of rotatable bonds is 18. The first-order valence-corrected chi connectivity index (χ1v) is 19.3. The summed E-state index contributed by atoms with van der Waals surface area (Å²) in [5.41, 5.74) is 0.551. The molecular weight excluding hydrogens is 683 g/mol. The lowest BCUT2D eigenvalue weighted by Gasteiger charge is -2.41. The summed E-state index contributed by atoms with van der Waals surface area (Å²) >= 11 is 1.18. The molecule has 12 nitrogen and oxygen atoms in total. The van der Waals surface area contributed by atoms with E-state index in [-0.39, 0.29) is 42.3 Å². The molecule has 0 aliphatic carbocycles. The number of benzene rings is 1. The van der Waals surface area contributed by atoms with Crippen molar-refractivity contribution in [3.8, 4) is 0 Å². The standard InChI is InChI=1S/C39H59N5O7S/c1-10-39(6,7)33(42-35(47)30-18-14-15-19-43(30)8)37(48)44(9)31(24(2)3)22-32(51-26(5)45)36-41-29(23-52-36)34(46)40-28(20-25(4)38(49)50)21-27-16-12-11-13-17-27/h11-13,16-17,23-25,28,30-33H,10,14-15,18-22H2,1-9H3,(H,40,46)(H,42,47)(H,49,50)/t25?,28?,30-,31?,32?,33?/m1/s1. The molecule has 1 aromatic carbocycles. The van der Waals surface area contributed by atoms with E-state index in [9.17, 15) is 29.1 Å². The minimum atomic E-state index is -0.945. The predicted octanol–water partition coefficient (Wildman–Crippen LogP) is 5.48.